The lowest BCUT2D eigenvalue weighted by molar-refractivity contribution is -0.141. The first kappa shape index (κ1) is 54.2. The fraction of sp³-hybridized carbons (Fsp3) is 0.583. The molecule has 3 aliphatic carbocycles. The number of aromatic hydroxyl groups is 1. The van der Waals surface area contributed by atoms with Crippen LogP contribution in [0.4, 0.5) is 17.2 Å². The van der Waals surface area contributed by atoms with Crippen LogP contribution in [0, 0.1) is 29.1 Å². The number of aliphatic hydroxyl groups excluding tert-OH is 1. The second-order valence-corrected chi connectivity index (χ2v) is 24.3. The molecule has 6 fully saturated rings. The number of carbonyl (C=O) groups is 2. The van der Waals surface area contributed by atoms with Crippen LogP contribution in [0.15, 0.2) is 82.5 Å². The van der Waals surface area contributed by atoms with Crippen LogP contribution in [0.5, 0.6) is 17.5 Å². The van der Waals surface area contributed by atoms with Crippen molar-refractivity contribution >= 4 is 29.0 Å². The Morgan fingerprint density at radius 3 is 2.32 bits per heavy atom. The number of nitrogen functional groups attached to an aromatic ring is 1. The van der Waals surface area contributed by atoms with Gasteiger partial charge in [0, 0.05) is 111 Å². The van der Waals surface area contributed by atoms with Gasteiger partial charge in [0.15, 0.2) is 11.6 Å². The highest BCUT2D eigenvalue weighted by molar-refractivity contribution is 5.91. The summed E-state index contributed by atoms with van der Waals surface area (Å²) in [4.78, 5) is 41.6. The van der Waals surface area contributed by atoms with Crippen molar-refractivity contribution in [1.82, 2.24) is 35.5 Å². The van der Waals surface area contributed by atoms with Crippen molar-refractivity contribution in [3.05, 3.63) is 83.8 Å². The van der Waals surface area contributed by atoms with Gasteiger partial charge in [0.2, 0.25) is 17.7 Å². The van der Waals surface area contributed by atoms with E-state index in [0.717, 1.165) is 94.5 Å². The molecule has 4 aliphatic heterocycles. The van der Waals surface area contributed by atoms with Crippen LogP contribution < -0.4 is 30.3 Å². The van der Waals surface area contributed by atoms with Gasteiger partial charge in [-0.15, -0.1) is 10.2 Å². The smallest absolute Gasteiger partial charge is 0.254 e. The predicted molar refractivity (Wildman–Crippen MR) is 297 cm³/mol. The van der Waals surface area contributed by atoms with E-state index in [0.29, 0.717) is 64.6 Å². The molecule has 79 heavy (non-hydrogen) atoms. The molecule has 1 aromatic carbocycles. The first-order valence-corrected chi connectivity index (χ1v) is 28.7. The van der Waals surface area contributed by atoms with Crippen LogP contribution in [0.3, 0.4) is 0 Å². The van der Waals surface area contributed by atoms with E-state index in [1.807, 2.05) is 58.2 Å². The number of carbonyl (C=O) groups excluding carboxylic acids is 2. The van der Waals surface area contributed by atoms with E-state index in [1.165, 1.54) is 4.90 Å². The molecule has 0 spiro atoms. The Morgan fingerprint density at radius 2 is 1.61 bits per heavy atom. The number of amides is 2. The van der Waals surface area contributed by atoms with Crippen LogP contribution in [0.2, 0.25) is 0 Å². The number of likely N-dealkylation sites (tertiary alicyclic amines) is 2. The number of nitrogens with one attached hydrogen (secondary N) is 1. The number of ether oxygens (including phenoxy) is 3. The fourth-order valence-corrected chi connectivity index (χ4v) is 13.6. The molecule has 420 valence electrons. The van der Waals surface area contributed by atoms with Gasteiger partial charge >= 0.3 is 0 Å². The van der Waals surface area contributed by atoms with E-state index in [9.17, 15) is 25.1 Å². The summed E-state index contributed by atoms with van der Waals surface area (Å²) in [6.07, 6.45) is 13.5. The van der Waals surface area contributed by atoms with Crippen molar-refractivity contribution in [2.45, 2.75) is 172 Å². The Bertz CT molecular complexity index is 2960. The number of nitrogens with zero attached hydrogens (tertiary/aromatic N) is 9. The number of aromatic nitrogens is 4. The van der Waals surface area contributed by atoms with E-state index in [4.69, 9.17) is 24.5 Å². The summed E-state index contributed by atoms with van der Waals surface area (Å²) in [6.45, 7) is 16.1. The quantitative estimate of drug-likeness (QED) is 0.0809. The average molecular weight is 1080 g/mol. The lowest BCUT2D eigenvalue weighted by Crippen LogP contribution is -2.58. The molecule has 11 rings (SSSR count). The zero-order chi connectivity index (χ0) is 55.3. The minimum absolute atomic E-state index is 0.0210. The van der Waals surface area contributed by atoms with Crippen molar-refractivity contribution in [1.29, 1.82) is 5.26 Å². The van der Waals surface area contributed by atoms with Crippen LogP contribution in [0.25, 0.3) is 11.3 Å². The summed E-state index contributed by atoms with van der Waals surface area (Å²) in [7, 11) is 0. The van der Waals surface area contributed by atoms with Crippen molar-refractivity contribution < 1.29 is 38.5 Å². The molecule has 19 nitrogen and oxygen atoms in total. The van der Waals surface area contributed by atoms with Gasteiger partial charge in [0.25, 0.3) is 5.88 Å². The minimum atomic E-state index is -0.835. The van der Waals surface area contributed by atoms with Gasteiger partial charge < -0.3 is 54.7 Å². The number of benzene rings is 1. The molecule has 19 heteroatoms. The van der Waals surface area contributed by atoms with Crippen molar-refractivity contribution in [2.75, 3.05) is 48.3 Å². The number of para-hydroxylation sites is 1. The normalized spacial score (nSPS) is 28.0. The van der Waals surface area contributed by atoms with Gasteiger partial charge in [-0.2, -0.15) is 5.26 Å². The summed E-state index contributed by atoms with van der Waals surface area (Å²) in [6, 6.07) is 16.6. The van der Waals surface area contributed by atoms with Crippen molar-refractivity contribution in [2.24, 2.45) is 17.8 Å². The number of rotatable bonds is 17. The maximum atomic E-state index is 14.3. The second-order valence-electron chi connectivity index (χ2n) is 24.3. The lowest BCUT2D eigenvalue weighted by atomic mass is 9.69. The second kappa shape index (κ2) is 22.4. The molecule has 4 aromatic rings. The summed E-state index contributed by atoms with van der Waals surface area (Å²) < 4.78 is 25.3. The minimum Gasteiger partial charge on any atom is -0.507 e. The number of piperazine rings is 1. The first-order chi connectivity index (χ1) is 38.0. The number of hydrogen-bond donors (Lipinski definition) is 4. The molecule has 7 atom stereocenters. The Morgan fingerprint density at radius 1 is 0.886 bits per heavy atom. The number of anilines is 3. The van der Waals surface area contributed by atoms with Gasteiger partial charge in [-0.1, -0.05) is 39.0 Å². The molecule has 2 saturated carbocycles. The van der Waals surface area contributed by atoms with E-state index in [1.54, 1.807) is 24.3 Å². The SMILES string of the molecule is CC1CC(C#N)=CC=C1[C@H](C)NC(=O)[C@@H]1C[C@@H](O)CN1C(=O)[C@@H](c1cc(OC2CC(C(C)(C)N3CCC(OC4CC(Oc5cc(N6C7CCC6CN(c6cc(-c8ccccc8O)nnc6N)C7)ccn5)C4)CC3)C2)no1)C(C)C. The number of piperidine rings is 1. The van der Waals surface area contributed by atoms with Gasteiger partial charge in [-0.05, 0) is 125 Å². The number of fused-ring (bicyclic) bond motifs is 2. The standard InChI is InChI=1S/C60H77N11O8/c1-34(2)56(59(75)70-33-42(72)25-51(70)58(74)64-36(4)47-14-11-37(30-61)21-35(47)3)53-29-55(67-79-53)78-44-22-38(23-44)60(5,6)69-19-16-43(17-20-69)76-45-26-46(27-45)77-54-24-39(15-18-63-54)71-40-12-13-41(71)32-68(31-40)50-28-49(65-66-57(50)62)48-9-7-8-10-52(48)73/h7-11,14-15,18,24,28-29,34-36,38,40-46,51,56,72-73H,12-13,16-17,19-23,25-27,31-33H2,1-6H3,(H2,62,66)(H,64,74)/t35?,36-,38?,40?,41?,42+,44?,45?,46?,51-,56+/m0/s1. The number of hydrogen-bond acceptors (Lipinski definition) is 17. The number of aliphatic hydroxyl groups is 1. The topological polar surface area (TPSA) is 242 Å². The number of allylic oxidation sites excluding steroid dienone is 3. The van der Waals surface area contributed by atoms with Gasteiger partial charge in [0.05, 0.1) is 35.8 Å². The molecular weight excluding hydrogens is 1000 g/mol. The summed E-state index contributed by atoms with van der Waals surface area (Å²) in [5.41, 5.74) is 11.3. The third-order valence-corrected chi connectivity index (χ3v) is 18.4. The third kappa shape index (κ3) is 11.3. The number of nitriles is 1. The Hall–Kier alpha value is -6.75. The van der Waals surface area contributed by atoms with Crippen LogP contribution in [-0.2, 0) is 14.3 Å². The summed E-state index contributed by atoms with van der Waals surface area (Å²) in [5.74, 6) is 0.939. The zero-order valence-electron chi connectivity index (χ0n) is 46.4. The number of β-amino-alcohol motifs (C(OH)–C–C–N with tert-alkyl or cyclic N) is 1. The molecule has 3 unspecified atom stereocenters. The highest BCUT2D eigenvalue weighted by Crippen LogP contribution is 2.45. The molecule has 2 bridgehead atoms. The highest BCUT2D eigenvalue weighted by Gasteiger charge is 2.48. The maximum absolute atomic E-state index is 14.3. The van der Waals surface area contributed by atoms with Gasteiger partial charge in [-0.3, -0.25) is 14.5 Å². The number of phenols is 1. The van der Waals surface area contributed by atoms with Crippen molar-refractivity contribution in [3.63, 3.8) is 0 Å². The first-order valence-electron chi connectivity index (χ1n) is 28.7. The monoisotopic (exact) mass is 1080 g/mol. The predicted octanol–water partition coefficient (Wildman–Crippen LogP) is 7.32. The van der Waals surface area contributed by atoms with Crippen LogP contribution in [-0.4, -0.2) is 145 Å². The molecule has 7 aliphatic rings. The van der Waals surface area contributed by atoms with E-state index < -0.39 is 18.1 Å². The molecule has 2 amide bonds. The van der Waals surface area contributed by atoms with Crippen LogP contribution >= 0.6 is 0 Å². The van der Waals surface area contributed by atoms with E-state index in [-0.39, 0.29) is 78.4 Å². The largest absolute Gasteiger partial charge is 0.507 e. The molecule has 0 radical (unpaired) electrons. The average Bonchev–Trinajstić information content (AvgIpc) is 4.16. The molecule has 7 heterocycles. The van der Waals surface area contributed by atoms with Gasteiger partial charge in [-0.25, -0.2) is 4.98 Å². The van der Waals surface area contributed by atoms with E-state index >= 15 is 0 Å². The molecular formula is C60H77N11O8. The Labute approximate surface area is 463 Å². The van der Waals surface area contributed by atoms with Crippen LogP contribution in [0.1, 0.15) is 117 Å². The maximum Gasteiger partial charge on any atom is 0.254 e. The summed E-state index contributed by atoms with van der Waals surface area (Å²) in [5, 5.41) is 46.4. The Kier molecular flexibility index (Phi) is 15.4. The number of nitrogens with two attached hydrogens (primary N) is 1. The number of pyridine rings is 1. The summed E-state index contributed by atoms with van der Waals surface area (Å²) >= 11 is 0. The number of phenolic OH excluding ortho intramolecular Hbond substituents is 1. The van der Waals surface area contributed by atoms with Crippen molar-refractivity contribution in [3.8, 4) is 34.8 Å². The fourth-order valence-electron chi connectivity index (χ4n) is 13.6. The highest BCUT2D eigenvalue weighted by atomic mass is 16.5. The Balaban J connectivity index is 0.609. The third-order valence-electron chi connectivity index (χ3n) is 18.4. The molecule has 5 N–H and O–H groups in total. The lowest BCUT2D eigenvalue weighted by Gasteiger charge is -2.52. The zero-order valence-corrected chi connectivity index (χ0v) is 46.4. The van der Waals surface area contributed by atoms with E-state index in [2.05, 4.69) is 72.4 Å². The van der Waals surface area contributed by atoms with Gasteiger partial charge in [0.1, 0.15) is 29.9 Å². The molecule has 4 saturated heterocycles. The molecule has 3 aromatic heterocycles.